The standard InChI is InChI=1S/C33H28N6O/c1-38-19-17-27(18-20-38)35-24-10-7-22(8-11-24)33(40)37-26-14-12-25(13-15-26)36-32-28-5-3-4-6-30(28)39(2)31-21-23(34)9-16-29(31)32/h3-21H,1-2H3,(H3,34,36,37,40)/p+1. The summed E-state index contributed by atoms with van der Waals surface area (Å²) in [4.78, 5) is 9.43. The van der Waals surface area contributed by atoms with Gasteiger partial charge in [-0.05, 0) is 72.8 Å². The van der Waals surface area contributed by atoms with Crippen LogP contribution in [0.5, 0.6) is 0 Å². The summed E-state index contributed by atoms with van der Waals surface area (Å²) in [5.74, 6) is -0.0480. The van der Waals surface area contributed by atoms with Gasteiger partial charge in [-0.3, -0.25) is 0 Å². The first-order valence-corrected chi connectivity index (χ1v) is 13.0. The molecule has 0 aliphatic carbocycles. The van der Waals surface area contributed by atoms with E-state index in [2.05, 4.69) is 27.0 Å². The monoisotopic (exact) mass is 525 g/mol. The van der Waals surface area contributed by atoms with Gasteiger partial charge in [0.15, 0.2) is 12.4 Å². The lowest BCUT2D eigenvalue weighted by Crippen LogP contribution is -2.25. The van der Waals surface area contributed by atoms with E-state index in [0.717, 1.165) is 44.2 Å². The van der Waals surface area contributed by atoms with Gasteiger partial charge >= 0.3 is 0 Å². The number of nitrogens with zero attached hydrogens (tertiary/aromatic N) is 4. The number of nitrogen functional groups attached to an aromatic ring is 1. The van der Waals surface area contributed by atoms with Crippen molar-refractivity contribution in [3.63, 3.8) is 0 Å². The quantitative estimate of drug-likeness (QED) is 0.0805. The molecule has 0 atom stereocenters. The lowest BCUT2D eigenvalue weighted by atomic mass is 10.1. The molecule has 0 radical (unpaired) electrons. The predicted octanol–water partition coefficient (Wildman–Crippen LogP) is 6.35. The van der Waals surface area contributed by atoms with Crippen molar-refractivity contribution in [2.75, 3.05) is 11.1 Å². The molecule has 0 fully saturated rings. The minimum absolute atomic E-state index is 0.0480. The molecule has 196 valence electrons. The Morgan fingerprint density at radius 1 is 0.775 bits per heavy atom. The van der Waals surface area contributed by atoms with Crippen LogP contribution in [0, 0.1) is 0 Å². The van der Waals surface area contributed by atoms with Crippen molar-refractivity contribution < 1.29 is 9.67 Å². The summed E-state index contributed by atoms with van der Waals surface area (Å²) < 4.78 is 4.12. The van der Waals surface area contributed by atoms with E-state index in [-0.39, 0.29) is 5.90 Å². The summed E-state index contributed by atoms with van der Waals surface area (Å²) in [6.45, 7) is 0. The minimum Gasteiger partial charge on any atom is -0.493 e. The van der Waals surface area contributed by atoms with Gasteiger partial charge in [0.05, 0.1) is 33.5 Å². The number of aromatic nitrogens is 2. The smallest absolute Gasteiger partial charge is 0.218 e. The lowest BCUT2D eigenvalue weighted by Gasteiger charge is -2.12. The number of anilines is 3. The number of hydrogen-bond donors (Lipinski definition) is 3. The van der Waals surface area contributed by atoms with Gasteiger partial charge < -0.3 is 20.7 Å². The van der Waals surface area contributed by atoms with Crippen LogP contribution in [0.4, 0.5) is 28.4 Å². The van der Waals surface area contributed by atoms with Crippen LogP contribution in [-0.2, 0) is 14.1 Å². The fourth-order valence-corrected chi connectivity index (χ4v) is 4.76. The van der Waals surface area contributed by atoms with Crippen LogP contribution >= 0.6 is 0 Å². The fourth-order valence-electron chi connectivity index (χ4n) is 4.76. The summed E-state index contributed by atoms with van der Waals surface area (Å²) in [7, 11) is 4.02. The number of aliphatic imine (C=N–C) groups is 1. The molecule has 4 N–H and O–H groups in total. The van der Waals surface area contributed by atoms with Crippen molar-refractivity contribution in [1.82, 2.24) is 4.57 Å². The molecule has 0 aliphatic rings. The molecule has 6 aromatic rings. The highest BCUT2D eigenvalue weighted by Gasteiger charge is 2.08. The van der Waals surface area contributed by atoms with Crippen molar-refractivity contribution in [2.45, 2.75) is 0 Å². The van der Waals surface area contributed by atoms with E-state index >= 15 is 0 Å². The highest BCUT2D eigenvalue weighted by molar-refractivity contribution is 5.95. The summed E-state index contributed by atoms with van der Waals surface area (Å²) in [6.07, 6.45) is 3.96. The average molecular weight is 526 g/mol. The Balaban J connectivity index is 1.28. The zero-order valence-electron chi connectivity index (χ0n) is 22.3. The number of aliphatic hydroxyl groups excluding tert-OH is 1. The highest BCUT2D eigenvalue weighted by atomic mass is 16.3. The molecule has 0 unspecified atom stereocenters. The molecule has 6 rings (SSSR count). The first kappa shape index (κ1) is 24.9. The van der Waals surface area contributed by atoms with Crippen molar-refractivity contribution in [2.24, 2.45) is 24.1 Å². The Hall–Kier alpha value is -5.43. The largest absolute Gasteiger partial charge is 0.493 e. The maximum atomic E-state index is 10.7. The van der Waals surface area contributed by atoms with Gasteiger partial charge in [0.1, 0.15) is 7.05 Å². The van der Waals surface area contributed by atoms with Gasteiger partial charge in [-0.2, -0.15) is 0 Å². The maximum Gasteiger partial charge on any atom is 0.218 e. The summed E-state index contributed by atoms with van der Waals surface area (Å²) in [5.41, 5.74) is 12.9. The van der Waals surface area contributed by atoms with E-state index in [9.17, 15) is 5.11 Å². The molecular weight excluding hydrogens is 496 g/mol. The van der Waals surface area contributed by atoms with E-state index in [1.165, 1.54) is 0 Å². The van der Waals surface area contributed by atoms with Gasteiger partial charge in [0.2, 0.25) is 5.90 Å². The van der Waals surface area contributed by atoms with Crippen molar-refractivity contribution >= 4 is 56.1 Å². The number of benzene rings is 4. The number of aliphatic hydroxyl groups is 1. The topological polar surface area (TPSA) is 91.8 Å². The van der Waals surface area contributed by atoms with E-state index < -0.39 is 0 Å². The van der Waals surface area contributed by atoms with Crippen LogP contribution < -0.4 is 21.0 Å². The normalized spacial score (nSPS) is 12.2. The van der Waals surface area contributed by atoms with Crippen molar-refractivity contribution in [3.05, 3.63) is 126 Å². The fraction of sp³-hybridized carbons (Fsp3) is 0.0606. The summed E-state index contributed by atoms with van der Waals surface area (Å²) in [5, 5.41) is 17.0. The van der Waals surface area contributed by atoms with E-state index in [0.29, 0.717) is 16.9 Å². The summed E-state index contributed by atoms with van der Waals surface area (Å²) in [6, 6.07) is 33.2. The third-order valence-electron chi connectivity index (χ3n) is 6.89. The second-order valence-corrected chi connectivity index (χ2v) is 9.72. The van der Waals surface area contributed by atoms with Crippen LogP contribution in [0.3, 0.4) is 0 Å². The van der Waals surface area contributed by atoms with Crippen LogP contribution in [-0.4, -0.2) is 15.6 Å². The van der Waals surface area contributed by atoms with E-state index in [1.807, 2.05) is 122 Å². The zero-order valence-corrected chi connectivity index (χ0v) is 22.3. The summed E-state index contributed by atoms with van der Waals surface area (Å²) >= 11 is 0. The van der Waals surface area contributed by atoms with Gasteiger partial charge in [-0.25, -0.2) is 14.6 Å². The number of nitrogens with two attached hydrogens (primary N) is 1. The second-order valence-electron chi connectivity index (χ2n) is 9.72. The van der Waals surface area contributed by atoms with Gasteiger partial charge in [-0.15, -0.1) is 0 Å². The molecule has 40 heavy (non-hydrogen) atoms. The molecule has 7 heteroatoms. The Morgan fingerprint density at radius 2 is 1.43 bits per heavy atom. The Kier molecular flexibility index (Phi) is 6.46. The maximum absolute atomic E-state index is 10.7. The van der Waals surface area contributed by atoms with Crippen LogP contribution in [0.2, 0.25) is 0 Å². The number of hydrogen-bond acceptors (Lipinski definition) is 4. The SMILES string of the molecule is Cn1c2ccccc2c(=Nc2ccc(N=C(O)c3ccc(Nc4cc[n+](C)cc4)cc3)cc2)c2ccc(N)cc21. The number of aryl methyl sites for hydroxylation is 2. The van der Waals surface area contributed by atoms with Crippen molar-refractivity contribution in [1.29, 1.82) is 0 Å². The van der Waals surface area contributed by atoms with Crippen molar-refractivity contribution in [3.8, 4) is 0 Å². The van der Waals surface area contributed by atoms with Gasteiger partial charge in [-0.1, -0.05) is 18.2 Å². The first-order chi connectivity index (χ1) is 19.4. The molecule has 0 amide bonds. The number of pyridine rings is 2. The molecular formula is C33H29N6O+. The lowest BCUT2D eigenvalue weighted by molar-refractivity contribution is -0.671. The van der Waals surface area contributed by atoms with Crippen LogP contribution in [0.15, 0.2) is 126 Å². The Morgan fingerprint density at radius 3 is 2.17 bits per heavy atom. The third kappa shape index (κ3) is 5.00. The van der Waals surface area contributed by atoms with E-state index in [4.69, 9.17) is 10.7 Å². The average Bonchev–Trinajstić information content (AvgIpc) is 2.98. The number of fused-ring (bicyclic) bond motifs is 2. The molecule has 0 bridgehead atoms. The number of para-hydroxylation sites is 1. The Labute approximate surface area is 231 Å². The second kappa shape index (κ2) is 10.4. The highest BCUT2D eigenvalue weighted by Crippen LogP contribution is 2.24. The Bertz CT molecular complexity index is 1940. The predicted molar refractivity (Wildman–Crippen MR) is 163 cm³/mol. The third-order valence-corrected chi connectivity index (χ3v) is 6.89. The number of nitrogens with one attached hydrogen (secondary N) is 1. The molecule has 0 spiro atoms. The van der Waals surface area contributed by atoms with E-state index in [1.54, 1.807) is 0 Å². The van der Waals surface area contributed by atoms with Crippen LogP contribution in [0.1, 0.15) is 5.56 Å². The zero-order chi connectivity index (χ0) is 27.6. The molecule has 2 heterocycles. The first-order valence-electron chi connectivity index (χ1n) is 13.0. The number of rotatable bonds is 5. The van der Waals surface area contributed by atoms with Gasteiger partial charge in [0, 0.05) is 46.9 Å². The molecule has 0 saturated carbocycles. The minimum atomic E-state index is -0.0480. The van der Waals surface area contributed by atoms with Crippen LogP contribution in [0.25, 0.3) is 21.8 Å². The molecule has 0 saturated heterocycles. The van der Waals surface area contributed by atoms with Gasteiger partial charge in [0.25, 0.3) is 0 Å². The molecule has 2 aromatic heterocycles. The molecule has 0 aliphatic heterocycles. The molecule has 7 nitrogen and oxygen atoms in total. The molecule has 4 aromatic carbocycles.